The van der Waals surface area contributed by atoms with Crippen LogP contribution in [0, 0.1) is 22.7 Å². The maximum atomic E-state index is 10.8. The van der Waals surface area contributed by atoms with Crippen molar-refractivity contribution in [1.82, 2.24) is 4.57 Å². The van der Waals surface area contributed by atoms with Crippen molar-refractivity contribution in [3.8, 4) is 29.0 Å². The van der Waals surface area contributed by atoms with Gasteiger partial charge in [0.2, 0.25) is 0 Å². The molecule has 3 nitrogen and oxygen atoms in total. The standard InChI is InChI=1S/C44H29N3S/c45-30-32-29-36(48(33-15-4-1-5-16-33,34-17-6-2-7-18-34)35-19-8-3-9-20-35)27-28-37(32)38-23-14-26-44(41(38)31-46)47-42-24-12-10-21-39(42)40-22-11-13-25-43(40)47/h1-29H. The summed E-state index contributed by atoms with van der Waals surface area (Å²) in [7, 11) is -1.97. The quantitative estimate of drug-likeness (QED) is 0.183. The van der Waals surface area contributed by atoms with Crippen LogP contribution < -0.4 is 0 Å². The lowest BCUT2D eigenvalue weighted by Gasteiger charge is -2.42. The number of fused-ring (bicyclic) bond motifs is 3. The van der Waals surface area contributed by atoms with E-state index >= 15 is 0 Å². The van der Waals surface area contributed by atoms with Crippen LogP contribution in [0.5, 0.6) is 0 Å². The Labute approximate surface area is 281 Å². The Morgan fingerprint density at radius 2 is 0.917 bits per heavy atom. The zero-order chi connectivity index (χ0) is 32.5. The number of hydrogen-bond acceptors (Lipinski definition) is 2. The highest BCUT2D eigenvalue weighted by Gasteiger charge is 2.34. The summed E-state index contributed by atoms with van der Waals surface area (Å²) in [6, 6.07) is 65.6. The highest BCUT2D eigenvalue weighted by molar-refractivity contribution is 8.34. The van der Waals surface area contributed by atoms with Crippen LogP contribution >= 0.6 is 10.0 Å². The number of nitriles is 2. The van der Waals surface area contributed by atoms with E-state index in [-0.39, 0.29) is 0 Å². The van der Waals surface area contributed by atoms with Crippen LogP contribution in [0.15, 0.2) is 196 Å². The first-order valence-corrected chi connectivity index (χ1v) is 17.4. The molecular formula is C44H29N3S. The molecule has 226 valence electrons. The van der Waals surface area contributed by atoms with E-state index in [4.69, 9.17) is 0 Å². The van der Waals surface area contributed by atoms with E-state index in [0.717, 1.165) is 43.5 Å². The van der Waals surface area contributed by atoms with E-state index in [9.17, 15) is 10.5 Å². The molecule has 0 aliphatic carbocycles. The van der Waals surface area contributed by atoms with Gasteiger partial charge in [-0.2, -0.15) is 10.5 Å². The molecule has 0 fully saturated rings. The molecule has 1 aromatic heterocycles. The van der Waals surface area contributed by atoms with E-state index < -0.39 is 10.0 Å². The van der Waals surface area contributed by atoms with Gasteiger partial charge in [-0.15, -0.1) is 10.0 Å². The monoisotopic (exact) mass is 631 g/mol. The topological polar surface area (TPSA) is 52.5 Å². The zero-order valence-electron chi connectivity index (χ0n) is 26.0. The summed E-state index contributed by atoms with van der Waals surface area (Å²) >= 11 is 0. The van der Waals surface area contributed by atoms with Gasteiger partial charge < -0.3 is 4.57 Å². The van der Waals surface area contributed by atoms with Gasteiger partial charge in [0.1, 0.15) is 6.07 Å². The molecular weight excluding hydrogens is 603 g/mol. The summed E-state index contributed by atoms with van der Waals surface area (Å²) < 4.78 is 2.17. The predicted octanol–water partition coefficient (Wildman–Crippen LogP) is 11.5. The van der Waals surface area contributed by atoms with Crippen molar-refractivity contribution in [2.45, 2.75) is 19.6 Å². The number of rotatable bonds is 6. The van der Waals surface area contributed by atoms with Gasteiger partial charge >= 0.3 is 0 Å². The molecule has 0 spiro atoms. The van der Waals surface area contributed by atoms with E-state index in [2.05, 4.69) is 120 Å². The molecule has 0 atom stereocenters. The Bertz CT molecular complexity index is 2370. The third-order valence-electron chi connectivity index (χ3n) is 9.02. The van der Waals surface area contributed by atoms with Crippen LogP contribution in [0.4, 0.5) is 0 Å². The Morgan fingerprint density at radius 1 is 0.417 bits per heavy atom. The first kappa shape index (κ1) is 29.1. The summed E-state index contributed by atoms with van der Waals surface area (Å²) in [5, 5.41) is 23.8. The summed E-state index contributed by atoms with van der Waals surface area (Å²) in [4.78, 5) is 4.61. The van der Waals surface area contributed by atoms with E-state index in [1.807, 2.05) is 72.8 Å². The maximum Gasteiger partial charge on any atom is 0.102 e. The van der Waals surface area contributed by atoms with E-state index in [1.165, 1.54) is 14.7 Å². The number of hydrogen-bond donors (Lipinski definition) is 0. The minimum Gasteiger partial charge on any atom is -0.308 e. The SMILES string of the molecule is N#Cc1cc(S(c2ccccc2)(c2ccccc2)c2ccccc2)ccc1-c1cccc(-n2c3ccccc3c3ccccc32)c1C#N. The molecule has 0 amide bonds. The molecule has 0 radical (unpaired) electrons. The van der Waals surface area contributed by atoms with Crippen LogP contribution in [0.25, 0.3) is 38.6 Å². The lowest BCUT2D eigenvalue weighted by molar-refractivity contribution is 1.17. The van der Waals surface area contributed by atoms with Crippen LogP contribution in [0.1, 0.15) is 11.1 Å². The second-order valence-corrected chi connectivity index (χ2v) is 14.7. The Morgan fingerprint density at radius 3 is 1.42 bits per heavy atom. The van der Waals surface area contributed by atoms with Crippen molar-refractivity contribution in [2.24, 2.45) is 0 Å². The number of benzene rings is 7. The van der Waals surface area contributed by atoms with Gasteiger partial charge in [-0.1, -0.05) is 109 Å². The second kappa shape index (κ2) is 12.1. The van der Waals surface area contributed by atoms with Crippen molar-refractivity contribution in [3.05, 3.63) is 187 Å². The molecule has 0 N–H and O–H groups in total. The molecule has 0 bridgehead atoms. The minimum atomic E-state index is -1.97. The Kier molecular flexibility index (Phi) is 7.35. The lowest BCUT2D eigenvalue weighted by Crippen LogP contribution is -2.06. The van der Waals surface area contributed by atoms with Gasteiger partial charge in [0, 0.05) is 41.5 Å². The van der Waals surface area contributed by atoms with Crippen molar-refractivity contribution in [2.75, 3.05) is 0 Å². The number of aromatic nitrogens is 1. The fourth-order valence-electron chi connectivity index (χ4n) is 6.98. The molecule has 0 saturated heterocycles. The Hall–Kier alpha value is -6.33. The molecule has 7 aromatic carbocycles. The van der Waals surface area contributed by atoms with Crippen LogP contribution in [0.2, 0.25) is 0 Å². The molecule has 4 heteroatoms. The highest BCUT2D eigenvalue weighted by Crippen LogP contribution is 2.73. The summed E-state index contributed by atoms with van der Waals surface area (Å²) in [5.74, 6) is 0. The molecule has 0 aliphatic rings. The molecule has 8 aromatic rings. The lowest BCUT2D eigenvalue weighted by atomic mass is 9.95. The maximum absolute atomic E-state index is 10.8. The third kappa shape index (κ3) is 4.51. The zero-order valence-corrected chi connectivity index (χ0v) is 26.8. The molecule has 0 unspecified atom stereocenters. The highest BCUT2D eigenvalue weighted by atomic mass is 32.3. The van der Waals surface area contributed by atoms with E-state index in [1.54, 1.807) is 0 Å². The molecule has 0 saturated carbocycles. The second-order valence-electron chi connectivity index (χ2n) is 11.6. The van der Waals surface area contributed by atoms with Gasteiger partial charge in [-0.05, 0) is 66.7 Å². The first-order valence-electron chi connectivity index (χ1n) is 15.8. The van der Waals surface area contributed by atoms with Gasteiger partial charge in [-0.25, -0.2) is 0 Å². The first-order chi connectivity index (χ1) is 23.8. The van der Waals surface area contributed by atoms with Crippen molar-refractivity contribution >= 4 is 31.8 Å². The molecule has 1 heterocycles. The van der Waals surface area contributed by atoms with Crippen LogP contribution in [-0.4, -0.2) is 4.57 Å². The smallest absolute Gasteiger partial charge is 0.102 e. The van der Waals surface area contributed by atoms with Crippen molar-refractivity contribution in [1.29, 1.82) is 10.5 Å². The van der Waals surface area contributed by atoms with Crippen molar-refractivity contribution < 1.29 is 0 Å². The number of para-hydroxylation sites is 2. The molecule has 8 rings (SSSR count). The largest absolute Gasteiger partial charge is 0.308 e. The van der Waals surface area contributed by atoms with Gasteiger partial charge in [0.15, 0.2) is 0 Å². The normalized spacial score (nSPS) is 11.6. The van der Waals surface area contributed by atoms with Crippen molar-refractivity contribution in [3.63, 3.8) is 0 Å². The molecule has 48 heavy (non-hydrogen) atoms. The fourth-order valence-corrected chi connectivity index (χ4v) is 10.9. The number of nitrogens with zero attached hydrogens (tertiary/aromatic N) is 3. The summed E-state index contributed by atoms with van der Waals surface area (Å²) in [6.07, 6.45) is 0. The summed E-state index contributed by atoms with van der Waals surface area (Å²) in [5.41, 5.74) is 5.39. The van der Waals surface area contributed by atoms with Gasteiger partial charge in [-0.3, -0.25) is 0 Å². The fraction of sp³-hybridized carbons (Fsp3) is 0. The van der Waals surface area contributed by atoms with Gasteiger partial charge in [0.25, 0.3) is 0 Å². The third-order valence-corrected chi connectivity index (χ3v) is 12.9. The summed E-state index contributed by atoms with van der Waals surface area (Å²) in [6.45, 7) is 0. The predicted molar refractivity (Wildman–Crippen MR) is 196 cm³/mol. The van der Waals surface area contributed by atoms with Crippen LogP contribution in [-0.2, 0) is 0 Å². The minimum absolute atomic E-state index is 0.529. The van der Waals surface area contributed by atoms with Crippen LogP contribution in [0.3, 0.4) is 0 Å². The average molecular weight is 632 g/mol. The molecule has 0 aliphatic heterocycles. The average Bonchev–Trinajstić information content (AvgIpc) is 3.50. The Balaban J connectivity index is 1.38. The van der Waals surface area contributed by atoms with E-state index in [0.29, 0.717) is 11.1 Å². The van der Waals surface area contributed by atoms with Gasteiger partial charge in [0.05, 0.1) is 33.9 Å².